The van der Waals surface area contributed by atoms with Gasteiger partial charge in [-0.25, -0.2) is 0 Å². The summed E-state index contributed by atoms with van der Waals surface area (Å²) in [6, 6.07) is 9.12. The second-order valence-electron chi connectivity index (χ2n) is 2.76. The van der Waals surface area contributed by atoms with Crippen LogP contribution >= 0.6 is 15.9 Å². The van der Waals surface area contributed by atoms with Crippen LogP contribution < -0.4 is 0 Å². The maximum atomic E-state index is 10.6. The van der Waals surface area contributed by atoms with E-state index in [4.69, 9.17) is 5.26 Å². The van der Waals surface area contributed by atoms with Gasteiger partial charge < -0.3 is 4.74 Å². The SMILES string of the molecule is CC(=O)OC=C(C#N)c1ccc(Br)cc1. The molecule has 4 heteroatoms. The lowest BCUT2D eigenvalue weighted by Gasteiger charge is -1.99. The maximum absolute atomic E-state index is 10.6. The molecule has 0 unspecified atom stereocenters. The summed E-state index contributed by atoms with van der Waals surface area (Å²) in [4.78, 5) is 10.6. The number of hydrogen-bond donors (Lipinski definition) is 0. The van der Waals surface area contributed by atoms with Crippen LogP contribution in [0.1, 0.15) is 12.5 Å². The van der Waals surface area contributed by atoms with E-state index < -0.39 is 5.97 Å². The molecule has 0 aliphatic rings. The van der Waals surface area contributed by atoms with Gasteiger partial charge in [-0.15, -0.1) is 0 Å². The molecule has 3 nitrogen and oxygen atoms in total. The van der Waals surface area contributed by atoms with Gasteiger partial charge in [0.25, 0.3) is 0 Å². The molecule has 0 aliphatic heterocycles. The minimum atomic E-state index is -0.445. The van der Waals surface area contributed by atoms with Gasteiger partial charge in [0.05, 0.1) is 5.57 Å². The number of nitriles is 1. The average Bonchev–Trinajstić information content (AvgIpc) is 2.21. The summed E-state index contributed by atoms with van der Waals surface area (Å²) in [5.41, 5.74) is 1.03. The van der Waals surface area contributed by atoms with Gasteiger partial charge >= 0.3 is 5.97 Å². The van der Waals surface area contributed by atoms with Crippen LogP contribution in [0.2, 0.25) is 0 Å². The predicted octanol–water partition coefficient (Wildman–Crippen LogP) is 2.88. The van der Waals surface area contributed by atoms with Gasteiger partial charge in [0.15, 0.2) is 0 Å². The van der Waals surface area contributed by atoms with Gasteiger partial charge in [-0.2, -0.15) is 5.26 Å². The van der Waals surface area contributed by atoms with Crippen LogP contribution in [-0.2, 0) is 9.53 Å². The number of hydrogen-bond acceptors (Lipinski definition) is 3. The van der Waals surface area contributed by atoms with Crippen molar-refractivity contribution in [1.29, 1.82) is 5.26 Å². The lowest BCUT2D eigenvalue weighted by Crippen LogP contribution is -1.92. The molecule has 0 aromatic heterocycles. The fourth-order valence-corrected chi connectivity index (χ4v) is 1.19. The topological polar surface area (TPSA) is 50.1 Å². The Balaban J connectivity index is 2.93. The van der Waals surface area contributed by atoms with Crippen LogP contribution in [0.4, 0.5) is 0 Å². The number of benzene rings is 1. The second kappa shape index (κ2) is 5.32. The second-order valence-corrected chi connectivity index (χ2v) is 3.68. The van der Waals surface area contributed by atoms with Crippen molar-refractivity contribution in [1.82, 2.24) is 0 Å². The number of rotatable bonds is 2. The number of nitrogens with zero attached hydrogens (tertiary/aromatic N) is 1. The quantitative estimate of drug-likeness (QED) is 0.470. The first-order chi connectivity index (χ1) is 7.13. The molecule has 0 saturated heterocycles. The molecule has 0 heterocycles. The minimum Gasteiger partial charge on any atom is -0.433 e. The van der Waals surface area contributed by atoms with E-state index >= 15 is 0 Å². The summed E-state index contributed by atoms with van der Waals surface area (Å²) in [5, 5.41) is 8.84. The molecule has 1 aromatic carbocycles. The Bertz CT molecular complexity index is 429. The van der Waals surface area contributed by atoms with Crippen LogP contribution in [0.3, 0.4) is 0 Å². The van der Waals surface area contributed by atoms with E-state index in [0.717, 1.165) is 10.7 Å². The maximum Gasteiger partial charge on any atom is 0.307 e. The first-order valence-electron chi connectivity index (χ1n) is 4.17. The number of allylic oxidation sites excluding steroid dienone is 1. The Hall–Kier alpha value is -1.60. The van der Waals surface area contributed by atoms with Crippen LogP contribution in [0.25, 0.3) is 5.57 Å². The Morgan fingerprint density at radius 1 is 1.47 bits per heavy atom. The number of esters is 1. The van der Waals surface area contributed by atoms with Gasteiger partial charge in [0.2, 0.25) is 0 Å². The van der Waals surface area contributed by atoms with Crippen molar-refractivity contribution >= 4 is 27.5 Å². The van der Waals surface area contributed by atoms with E-state index in [-0.39, 0.29) is 0 Å². The van der Waals surface area contributed by atoms with Crippen molar-refractivity contribution in [3.63, 3.8) is 0 Å². The zero-order valence-electron chi connectivity index (χ0n) is 8.03. The zero-order valence-corrected chi connectivity index (χ0v) is 9.61. The van der Waals surface area contributed by atoms with Crippen LogP contribution in [0.5, 0.6) is 0 Å². The number of ether oxygens (including phenoxy) is 1. The fourth-order valence-electron chi connectivity index (χ4n) is 0.930. The summed E-state index contributed by atoms with van der Waals surface area (Å²) < 4.78 is 5.57. The van der Waals surface area contributed by atoms with Gasteiger partial charge in [-0.1, -0.05) is 28.1 Å². The highest BCUT2D eigenvalue weighted by Crippen LogP contribution is 2.17. The normalized spacial score (nSPS) is 10.6. The van der Waals surface area contributed by atoms with Gasteiger partial charge in [0.1, 0.15) is 12.3 Å². The van der Waals surface area contributed by atoms with Gasteiger partial charge in [0, 0.05) is 11.4 Å². The Morgan fingerprint density at radius 2 is 2.07 bits per heavy atom. The third-order valence-corrected chi connectivity index (χ3v) is 2.15. The highest BCUT2D eigenvalue weighted by molar-refractivity contribution is 9.10. The Kier molecular flexibility index (Phi) is 4.07. The molecule has 1 aromatic rings. The molecule has 0 bridgehead atoms. The van der Waals surface area contributed by atoms with E-state index in [0.29, 0.717) is 11.1 Å². The monoisotopic (exact) mass is 265 g/mol. The molecule has 76 valence electrons. The third-order valence-electron chi connectivity index (χ3n) is 1.62. The van der Waals surface area contributed by atoms with Crippen molar-refractivity contribution in [2.24, 2.45) is 0 Å². The summed E-state index contributed by atoms with van der Waals surface area (Å²) in [6.45, 7) is 1.28. The first-order valence-corrected chi connectivity index (χ1v) is 4.96. The van der Waals surface area contributed by atoms with E-state index in [1.807, 2.05) is 18.2 Å². The standard InChI is InChI=1S/C11H8BrNO2/c1-8(14)15-7-10(6-13)9-2-4-11(12)5-3-9/h2-5,7H,1H3. The highest BCUT2D eigenvalue weighted by Gasteiger charge is 2.01. The van der Waals surface area contributed by atoms with Crippen molar-refractivity contribution in [3.8, 4) is 6.07 Å². The van der Waals surface area contributed by atoms with Crippen LogP contribution in [-0.4, -0.2) is 5.97 Å². The first kappa shape index (κ1) is 11.5. The lowest BCUT2D eigenvalue weighted by molar-refractivity contribution is -0.135. The third kappa shape index (κ3) is 3.56. The number of carbonyl (C=O) groups is 1. The molecule has 0 spiro atoms. The molecule has 0 fully saturated rings. The summed E-state index contributed by atoms with van der Waals surface area (Å²) in [5.74, 6) is -0.445. The smallest absolute Gasteiger partial charge is 0.307 e. The number of halogens is 1. The highest BCUT2D eigenvalue weighted by atomic mass is 79.9. The van der Waals surface area contributed by atoms with E-state index in [1.165, 1.54) is 6.92 Å². The van der Waals surface area contributed by atoms with Crippen molar-refractivity contribution in [3.05, 3.63) is 40.6 Å². The Labute approximate surface area is 96.1 Å². The molecule has 15 heavy (non-hydrogen) atoms. The summed E-state index contributed by atoms with van der Waals surface area (Å²) in [6.07, 6.45) is 1.16. The average molecular weight is 266 g/mol. The molecule has 0 saturated carbocycles. The Morgan fingerprint density at radius 3 is 2.53 bits per heavy atom. The molecule has 0 atom stereocenters. The van der Waals surface area contributed by atoms with Crippen molar-refractivity contribution < 1.29 is 9.53 Å². The summed E-state index contributed by atoms with van der Waals surface area (Å²) >= 11 is 3.29. The van der Waals surface area contributed by atoms with E-state index in [9.17, 15) is 4.79 Å². The lowest BCUT2D eigenvalue weighted by atomic mass is 10.1. The molecular formula is C11H8BrNO2. The largest absolute Gasteiger partial charge is 0.433 e. The molecule has 0 N–H and O–H groups in total. The van der Waals surface area contributed by atoms with Crippen LogP contribution in [0.15, 0.2) is 35.0 Å². The molecular weight excluding hydrogens is 258 g/mol. The van der Waals surface area contributed by atoms with Crippen molar-refractivity contribution in [2.45, 2.75) is 6.92 Å². The zero-order chi connectivity index (χ0) is 11.3. The molecule has 0 radical (unpaired) electrons. The van der Waals surface area contributed by atoms with E-state index in [2.05, 4.69) is 20.7 Å². The molecule has 0 aliphatic carbocycles. The van der Waals surface area contributed by atoms with Crippen molar-refractivity contribution in [2.75, 3.05) is 0 Å². The molecule has 1 rings (SSSR count). The van der Waals surface area contributed by atoms with Crippen LogP contribution in [0, 0.1) is 11.3 Å². The van der Waals surface area contributed by atoms with Gasteiger partial charge in [-0.3, -0.25) is 4.79 Å². The molecule has 0 amide bonds. The number of carbonyl (C=O) groups excluding carboxylic acids is 1. The predicted molar refractivity (Wildman–Crippen MR) is 59.5 cm³/mol. The fraction of sp³-hybridized carbons (Fsp3) is 0.0909. The minimum absolute atomic E-state index is 0.317. The van der Waals surface area contributed by atoms with Gasteiger partial charge in [-0.05, 0) is 17.7 Å². The van der Waals surface area contributed by atoms with E-state index in [1.54, 1.807) is 12.1 Å². The summed E-state index contributed by atoms with van der Waals surface area (Å²) in [7, 11) is 0.